The van der Waals surface area contributed by atoms with E-state index in [0.29, 0.717) is 0 Å². The predicted molar refractivity (Wildman–Crippen MR) is 116 cm³/mol. The third-order valence-corrected chi connectivity index (χ3v) is 7.44. The number of fused-ring (bicyclic) bond motifs is 3. The summed E-state index contributed by atoms with van der Waals surface area (Å²) in [7, 11) is 0. The van der Waals surface area contributed by atoms with Crippen molar-refractivity contribution in [3.8, 4) is 21.7 Å². The second kappa shape index (κ2) is 6.83. The van der Waals surface area contributed by atoms with Crippen LogP contribution in [0.1, 0.15) is 28.0 Å². The first-order valence-corrected chi connectivity index (χ1v) is 11.1. The zero-order chi connectivity index (χ0) is 19.3. The van der Waals surface area contributed by atoms with Gasteiger partial charge in [0.1, 0.15) is 4.83 Å². The normalized spacial score (nSPS) is 13.2. The van der Waals surface area contributed by atoms with Gasteiger partial charge in [-0.05, 0) is 59.9 Å². The lowest BCUT2D eigenvalue weighted by Crippen LogP contribution is -2.06. The molecule has 0 saturated heterocycles. The SMILES string of the molecule is Cc1ccc(-c2c(CC(=O)O)c(-c3cccs3)nc3sc4c(c23)CCC4)cc1. The van der Waals surface area contributed by atoms with Crippen LogP contribution in [0.4, 0.5) is 0 Å². The molecule has 3 heterocycles. The minimum absolute atomic E-state index is 0.0238. The molecule has 0 bridgehead atoms. The summed E-state index contributed by atoms with van der Waals surface area (Å²) in [4.78, 5) is 20.3. The van der Waals surface area contributed by atoms with E-state index in [1.165, 1.54) is 27.8 Å². The molecule has 0 spiro atoms. The standard InChI is InChI=1S/C23H19NO2S2/c1-13-7-9-14(10-8-13)20-16(12-19(25)26)22(18-6-3-11-27-18)24-23-21(20)15-4-2-5-17(15)28-23/h3,6-11H,2,4-5,12H2,1H3,(H,25,26). The molecule has 4 aromatic rings. The van der Waals surface area contributed by atoms with Gasteiger partial charge in [-0.2, -0.15) is 0 Å². The highest BCUT2D eigenvalue weighted by Crippen LogP contribution is 2.46. The molecule has 140 valence electrons. The Labute approximate surface area is 171 Å². The molecule has 1 aliphatic carbocycles. The number of hydrogen-bond acceptors (Lipinski definition) is 4. The van der Waals surface area contributed by atoms with Crippen LogP contribution in [0.15, 0.2) is 41.8 Å². The molecule has 5 rings (SSSR count). The maximum atomic E-state index is 11.8. The van der Waals surface area contributed by atoms with Crippen molar-refractivity contribution >= 4 is 38.9 Å². The molecule has 0 aliphatic heterocycles. The smallest absolute Gasteiger partial charge is 0.307 e. The van der Waals surface area contributed by atoms with Crippen LogP contribution in [0, 0.1) is 6.92 Å². The van der Waals surface area contributed by atoms with Crippen LogP contribution in [0.2, 0.25) is 0 Å². The molecule has 0 fully saturated rings. The maximum Gasteiger partial charge on any atom is 0.307 e. The quantitative estimate of drug-likeness (QED) is 0.445. The van der Waals surface area contributed by atoms with Crippen LogP contribution in [-0.2, 0) is 24.1 Å². The highest BCUT2D eigenvalue weighted by atomic mass is 32.1. The van der Waals surface area contributed by atoms with Gasteiger partial charge in [0.2, 0.25) is 0 Å². The molecule has 0 atom stereocenters. The fourth-order valence-electron chi connectivity index (χ4n) is 4.14. The second-order valence-electron chi connectivity index (χ2n) is 7.27. The molecular weight excluding hydrogens is 386 g/mol. The lowest BCUT2D eigenvalue weighted by Gasteiger charge is -2.15. The van der Waals surface area contributed by atoms with Crippen LogP contribution in [0.3, 0.4) is 0 Å². The maximum absolute atomic E-state index is 11.8. The van der Waals surface area contributed by atoms with Crippen molar-refractivity contribution < 1.29 is 9.90 Å². The first kappa shape index (κ1) is 17.6. The lowest BCUT2D eigenvalue weighted by atomic mass is 9.91. The van der Waals surface area contributed by atoms with E-state index < -0.39 is 5.97 Å². The van der Waals surface area contributed by atoms with Gasteiger partial charge in [-0.1, -0.05) is 35.9 Å². The number of carboxylic acid groups (broad SMARTS) is 1. The van der Waals surface area contributed by atoms with Crippen LogP contribution < -0.4 is 0 Å². The molecule has 3 aromatic heterocycles. The number of rotatable bonds is 4. The molecular formula is C23H19NO2S2. The van der Waals surface area contributed by atoms with Gasteiger partial charge in [-0.15, -0.1) is 22.7 Å². The Kier molecular flexibility index (Phi) is 4.29. The van der Waals surface area contributed by atoms with Gasteiger partial charge in [0.15, 0.2) is 0 Å². The van der Waals surface area contributed by atoms with Crippen LogP contribution in [0.5, 0.6) is 0 Å². The van der Waals surface area contributed by atoms with Crippen molar-refractivity contribution in [1.82, 2.24) is 4.98 Å². The van der Waals surface area contributed by atoms with E-state index in [1.54, 1.807) is 22.7 Å². The van der Waals surface area contributed by atoms with Gasteiger partial charge in [-0.25, -0.2) is 4.98 Å². The number of aromatic nitrogens is 1. The van der Waals surface area contributed by atoms with E-state index in [-0.39, 0.29) is 6.42 Å². The van der Waals surface area contributed by atoms with Gasteiger partial charge in [0.05, 0.1) is 17.0 Å². The fourth-order valence-corrected chi connectivity index (χ4v) is 6.16. The Morgan fingerprint density at radius 3 is 2.71 bits per heavy atom. The molecule has 28 heavy (non-hydrogen) atoms. The van der Waals surface area contributed by atoms with Crippen molar-refractivity contribution in [3.63, 3.8) is 0 Å². The number of pyridine rings is 1. The van der Waals surface area contributed by atoms with Crippen LogP contribution in [-0.4, -0.2) is 16.1 Å². The zero-order valence-electron chi connectivity index (χ0n) is 15.5. The lowest BCUT2D eigenvalue weighted by molar-refractivity contribution is -0.136. The molecule has 0 radical (unpaired) electrons. The van der Waals surface area contributed by atoms with E-state index in [9.17, 15) is 9.90 Å². The predicted octanol–water partition coefficient (Wildman–Crippen LogP) is 6.12. The summed E-state index contributed by atoms with van der Waals surface area (Å²) in [5, 5.41) is 12.9. The minimum Gasteiger partial charge on any atom is -0.481 e. The highest BCUT2D eigenvalue weighted by Gasteiger charge is 2.26. The number of nitrogens with zero attached hydrogens (tertiary/aromatic N) is 1. The van der Waals surface area contributed by atoms with Crippen molar-refractivity contribution in [2.75, 3.05) is 0 Å². The fraction of sp³-hybridized carbons (Fsp3) is 0.217. The van der Waals surface area contributed by atoms with E-state index in [4.69, 9.17) is 4.98 Å². The Hall–Kier alpha value is -2.50. The third-order valence-electron chi connectivity index (χ3n) is 5.38. The Morgan fingerprint density at radius 1 is 1.18 bits per heavy atom. The summed E-state index contributed by atoms with van der Waals surface area (Å²) in [6.07, 6.45) is 3.31. The third kappa shape index (κ3) is 2.86. The van der Waals surface area contributed by atoms with Gasteiger partial charge in [-0.3, -0.25) is 4.79 Å². The Bertz CT molecular complexity index is 1190. The molecule has 0 unspecified atom stereocenters. The monoisotopic (exact) mass is 405 g/mol. The minimum atomic E-state index is -0.820. The van der Waals surface area contributed by atoms with E-state index >= 15 is 0 Å². The van der Waals surface area contributed by atoms with E-state index in [1.807, 2.05) is 17.5 Å². The number of aryl methyl sites for hydroxylation is 3. The van der Waals surface area contributed by atoms with Crippen molar-refractivity contribution in [3.05, 3.63) is 63.3 Å². The molecule has 1 aliphatic rings. The summed E-state index contributed by atoms with van der Waals surface area (Å²) >= 11 is 3.40. The topological polar surface area (TPSA) is 50.2 Å². The van der Waals surface area contributed by atoms with E-state index in [2.05, 4.69) is 31.2 Å². The summed E-state index contributed by atoms with van der Waals surface area (Å²) in [5.41, 5.74) is 6.38. The largest absolute Gasteiger partial charge is 0.481 e. The van der Waals surface area contributed by atoms with Gasteiger partial charge < -0.3 is 5.11 Å². The average Bonchev–Trinajstić information content (AvgIpc) is 3.39. The zero-order valence-corrected chi connectivity index (χ0v) is 17.1. The number of carboxylic acids is 1. The molecule has 0 saturated carbocycles. The Morgan fingerprint density at radius 2 is 2.00 bits per heavy atom. The van der Waals surface area contributed by atoms with Gasteiger partial charge in [0.25, 0.3) is 0 Å². The molecule has 5 heteroatoms. The number of thiophene rings is 2. The molecule has 1 aromatic carbocycles. The summed E-state index contributed by atoms with van der Waals surface area (Å²) in [6, 6.07) is 12.5. The molecule has 1 N–H and O–H groups in total. The number of hydrogen-bond donors (Lipinski definition) is 1. The molecule has 3 nitrogen and oxygen atoms in total. The van der Waals surface area contributed by atoms with Crippen molar-refractivity contribution in [2.24, 2.45) is 0 Å². The van der Waals surface area contributed by atoms with Gasteiger partial charge in [0, 0.05) is 10.3 Å². The summed E-state index contributed by atoms with van der Waals surface area (Å²) < 4.78 is 0. The summed E-state index contributed by atoms with van der Waals surface area (Å²) in [6.45, 7) is 2.07. The van der Waals surface area contributed by atoms with Crippen LogP contribution >= 0.6 is 22.7 Å². The average molecular weight is 406 g/mol. The summed E-state index contributed by atoms with van der Waals surface area (Å²) in [5.74, 6) is -0.820. The first-order valence-electron chi connectivity index (χ1n) is 9.41. The van der Waals surface area contributed by atoms with Crippen LogP contribution in [0.25, 0.3) is 31.9 Å². The number of benzene rings is 1. The number of aliphatic carboxylic acids is 1. The first-order chi connectivity index (χ1) is 13.6. The van der Waals surface area contributed by atoms with Crippen molar-refractivity contribution in [2.45, 2.75) is 32.6 Å². The van der Waals surface area contributed by atoms with E-state index in [0.717, 1.165) is 44.9 Å². The highest BCUT2D eigenvalue weighted by molar-refractivity contribution is 7.19. The van der Waals surface area contributed by atoms with Gasteiger partial charge >= 0.3 is 5.97 Å². The van der Waals surface area contributed by atoms with Crippen molar-refractivity contribution in [1.29, 1.82) is 0 Å². The second-order valence-corrected chi connectivity index (χ2v) is 9.30. The number of carbonyl (C=O) groups is 1. The Balaban J connectivity index is 1.91. The molecule has 0 amide bonds.